The van der Waals surface area contributed by atoms with Crippen LogP contribution in [0, 0.1) is 5.92 Å². The molecule has 27 heavy (non-hydrogen) atoms. The zero-order valence-corrected chi connectivity index (χ0v) is 17.2. The first-order valence-electron chi connectivity index (χ1n) is 9.72. The number of carbonyl (C=O) groups excluding carboxylic acids is 2. The summed E-state index contributed by atoms with van der Waals surface area (Å²) in [6.07, 6.45) is 6.62. The van der Waals surface area contributed by atoms with Crippen molar-refractivity contribution in [2.75, 3.05) is 6.54 Å². The van der Waals surface area contributed by atoms with Crippen molar-refractivity contribution in [1.29, 1.82) is 0 Å². The smallest absolute Gasteiger partial charge is 0.254 e. The van der Waals surface area contributed by atoms with Gasteiger partial charge >= 0.3 is 0 Å². The lowest BCUT2D eigenvalue weighted by atomic mass is 9.86. The number of rotatable bonds is 7. The van der Waals surface area contributed by atoms with Crippen LogP contribution in [0.4, 0.5) is 0 Å². The van der Waals surface area contributed by atoms with Gasteiger partial charge in [0.1, 0.15) is 0 Å². The van der Waals surface area contributed by atoms with E-state index in [2.05, 4.69) is 15.9 Å². The van der Waals surface area contributed by atoms with E-state index in [-0.39, 0.29) is 18.2 Å². The molecule has 0 bridgehead atoms. The molecule has 2 aromatic carbocycles. The van der Waals surface area contributed by atoms with E-state index in [1.54, 1.807) is 17.0 Å². The van der Waals surface area contributed by atoms with Crippen LogP contribution in [0.2, 0.25) is 0 Å². The second-order valence-corrected chi connectivity index (χ2v) is 8.32. The van der Waals surface area contributed by atoms with Gasteiger partial charge in [-0.3, -0.25) is 9.59 Å². The van der Waals surface area contributed by atoms with Crippen molar-refractivity contribution in [2.45, 2.75) is 45.1 Å². The summed E-state index contributed by atoms with van der Waals surface area (Å²) >= 11 is 3.40. The molecule has 4 heteroatoms. The Morgan fingerprint density at radius 2 is 1.59 bits per heavy atom. The zero-order chi connectivity index (χ0) is 19.1. The molecule has 2 aromatic rings. The van der Waals surface area contributed by atoms with Crippen LogP contribution in [-0.4, -0.2) is 23.1 Å². The first-order chi connectivity index (χ1) is 13.1. The third kappa shape index (κ3) is 6.03. The summed E-state index contributed by atoms with van der Waals surface area (Å²) < 4.78 is 0.932. The fraction of sp³-hybridized carbons (Fsp3) is 0.391. The lowest BCUT2D eigenvalue weighted by molar-refractivity contribution is -0.121. The van der Waals surface area contributed by atoms with Crippen LogP contribution in [0.5, 0.6) is 0 Å². The Morgan fingerprint density at radius 1 is 0.926 bits per heavy atom. The molecule has 1 aliphatic carbocycles. The average molecular weight is 428 g/mol. The van der Waals surface area contributed by atoms with Crippen LogP contribution in [0.15, 0.2) is 59.1 Å². The Kier molecular flexibility index (Phi) is 7.22. The molecule has 0 N–H and O–H groups in total. The molecule has 1 amide bonds. The average Bonchev–Trinajstić information content (AvgIpc) is 2.69. The van der Waals surface area contributed by atoms with Gasteiger partial charge in [-0.15, -0.1) is 0 Å². The molecule has 0 atom stereocenters. The number of carbonyl (C=O) groups is 2. The predicted molar refractivity (Wildman–Crippen MR) is 112 cm³/mol. The highest BCUT2D eigenvalue weighted by Crippen LogP contribution is 2.26. The van der Waals surface area contributed by atoms with Crippen molar-refractivity contribution in [3.63, 3.8) is 0 Å². The zero-order valence-electron chi connectivity index (χ0n) is 15.6. The van der Waals surface area contributed by atoms with Crippen molar-refractivity contribution in [2.24, 2.45) is 5.92 Å². The van der Waals surface area contributed by atoms with E-state index in [1.807, 2.05) is 42.5 Å². The summed E-state index contributed by atoms with van der Waals surface area (Å²) in [7, 11) is 0. The highest BCUT2D eigenvalue weighted by molar-refractivity contribution is 9.10. The molecule has 0 aliphatic heterocycles. The number of amides is 1. The molecule has 1 aliphatic rings. The quantitative estimate of drug-likeness (QED) is 0.573. The summed E-state index contributed by atoms with van der Waals surface area (Å²) in [6.45, 7) is 0.631. The predicted octanol–water partition coefficient (Wildman–Crippen LogP) is 5.63. The minimum Gasteiger partial charge on any atom is -0.327 e. The molecule has 142 valence electrons. The Bertz CT molecular complexity index is 752. The SMILES string of the molecule is O=C(CC1CCCCC1)CN(Cc1ccccc1)C(=O)c1ccc(Br)cc1. The summed E-state index contributed by atoms with van der Waals surface area (Å²) in [6, 6.07) is 17.2. The molecule has 0 heterocycles. The van der Waals surface area contributed by atoms with E-state index < -0.39 is 0 Å². The molecule has 3 rings (SSSR count). The van der Waals surface area contributed by atoms with Crippen LogP contribution in [0.3, 0.4) is 0 Å². The molecular formula is C23H26BrNO2. The van der Waals surface area contributed by atoms with E-state index >= 15 is 0 Å². The van der Waals surface area contributed by atoms with Gasteiger partial charge in [0, 0.05) is 23.0 Å². The largest absolute Gasteiger partial charge is 0.327 e. The lowest BCUT2D eigenvalue weighted by Crippen LogP contribution is -2.36. The van der Waals surface area contributed by atoms with E-state index in [9.17, 15) is 9.59 Å². The molecule has 0 spiro atoms. The number of nitrogens with zero attached hydrogens (tertiary/aromatic N) is 1. The highest BCUT2D eigenvalue weighted by atomic mass is 79.9. The van der Waals surface area contributed by atoms with E-state index in [1.165, 1.54) is 19.3 Å². The number of Topliss-reactive ketones (excluding diaryl/α,β-unsaturated/α-hetero) is 1. The van der Waals surface area contributed by atoms with Crippen molar-refractivity contribution in [1.82, 2.24) is 4.90 Å². The minimum absolute atomic E-state index is 0.0941. The van der Waals surface area contributed by atoms with Gasteiger partial charge < -0.3 is 4.90 Å². The van der Waals surface area contributed by atoms with E-state index in [4.69, 9.17) is 0 Å². The van der Waals surface area contributed by atoms with Crippen molar-refractivity contribution in [3.05, 3.63) is 70.2 Å². The van der Waals surface area contributed by atoms with Gasteiger partial charge in [-0.2, -0.15) is 0 Å². The Balaban J connectivity index is 1.71. The van der Waals surface area contributed by atoms with Crippen molar-refractivity contribution in [3.8, 4) is 0 Å². The van der Waals surface area contributed by atoms with Gasteiger partial charge in [0.05, 0.1) is 6.54 Å². The van der Waals surface area contributed by atoms with Crippen LogP contribution < -0.4 is 0 Å². The van der Waals surface area contributed by atoms with Crippen molar-refractivity contribution >= 4 is 27.6 Å². The van der Waals surface area contributed by atoms with E-state index in [0.717, 1.165) is 22.9 Å². The molecule has 0 unspecified atom stereocenters. The van der Waals surface area contributed by atoms with Crippen LogP contribution >= 0.6 is 15.9 Å². The Morgan fingerprint density at radius 3 is 2.26 bits per heavy atom. The van der Waals surface area contributed by atoms with Gasteiger partial charge in [0.15, 0.2) is 5.78 Å². The summed E-state index contributed by atoms with van der Waals surface area (Å²) in [4.78, 5) is 27.4. The molecule has 1 fully saturated rings. The highest BCUT2D eigenvalue weighted by Gasteiger charge is 2.22. The third-order valence-corrected chi connectivity index (χ3v) is 5.73. The van der Waals surface area contributed by atoms with Gasteiger partial charge in [-0.25, -0.2) is 0 Å². The number of benzene rings is 2. The number of ketones is 1. The first-order valence-corrected chi connectivity index (χ1v) is 10.5. The van der Waals surface area contributed by atoms with Gasteiger partial charge in [-0.1, -0.05) is 78.4 Å². The Hall–Kier alpha value is -1.94. The van der Waals surface area contributed by atoms with Crippen LogP contribution in [0.1, 0.15) is 54.4 Å². The molecule has 0 saturated heterocycles. The maximum atomic E-state index is 13.0. The summed E-state index contributed by atoms with van der Waals surface area (Å²) in [5, 5.41) is 0. The maximum Gasteiger partial charge on any atom is 0.254 e. The topological polar surface area (TPSA) is 37.4 Å². The lowest BCUT2D eigenvalue weighted by Gasteiger charge is -2.25. The normalized spacial score (nSPS) is 14.7. The van der Waals surface area contributed by atoms with Crippen LogP contribution in [-0.2, 0) is 11.3 Å². The Labute approximate surface area is 169 Å². The first kappa shape index (κ1) is 19.8. The van der Waals surface area contributed by atoms with Crippen LogP contribution in [0.25, 0.3) is 0 Å². The molecule has 1 saturated carbocycles. The van der Waals surface area contributed by atoms with Crippen molar-refractivity contribution < 1.29 is 9.59 Å². The fourth-order valence-corrected chi connectivity index (χ4v) is 4.03. The minimum atomic E-state index is -0.0941. The van der Waals surface area contributed by atoms with Gasteiger partial charge in [0.25, 0.3) is 5.91 Å². The summed E-state index contributed by atoms with van der Waals surface area (Å²) in [5.74, 6) is 0.569. The molecule has 0 radical (unpaired) electrons. The third-order valence-electron chi connectivity index (χ3n) is 5.20. The van der Waals surface area contributed by atoms with Gasteiger partial charge in [0.2, 0.25) is 0 Å². The van der Waals surface area contributed by atoms with E-state index in [0.29, 0.717) is 24.4 Å². The molecular weight excluding hydrogens is 402 g/mol. The monoisotopic (exact) mass is 427 g/mol. The molecule has 0 aromatic heterocycles. The number of halogens is 1. The second kappa shape index (κ2) is 9.84. The number of hydrogen-bond acceptors (Lipinski definition) is 2. The standard InChI is InChI=1S/C23H26BrNO2/c24-21-13-11-20(12-14-21)23(27)25(16-19-9-5-2-6-10-19)17-22(26)15-18-7-3-1-4-8-18/h2,5-6,9-14,18H,1,3-4,7-8,15-17H2. The van der Waals surface area contributed by atoms with Gasteiger partial charge in [-0.05, 0) is 35.7 Å². The fourth-order valence-electron chi connectivity index (χ4n) is 3.77. The number of hydrogen-bond donors (Lipinski definition) is 0. The molecule has 3 nitrogen and oxygen atoms in total. The summed E-state index contributed by atoms with van der Waals surface area (Å²) in [5.41, 5.74) is 1.65. The second-order valence-electron chi connectivity index (χ2n) is 7.40. The maximum absolute atomic E-state index is 13.0.